The van der Waals surface area contributed by atoms with E-state index in [0.717, 1.165) is 31.3 Å². The van der Waals surface area contributed by atoms with E-state index in [9.17, 15) is 24.6 Å². The number of rotatable bonds is 3. The topological polar surface area (TPSA) is 101 Å². The van der Waals surface area contributed by atoms with Gasteiger partial charge in [-0.1, -0.05) is 19.4 Å². The fourth-order valence-corrected chi connectivity index (χ4v) is 7.73. The van der Waals surface area contributed by atoms with Crippen molar-refractivity contribution < 1.29 is 29.3 Å². The van der Waals surface area contributed by atoms with Gasteiger partial charge in [0, 0.05) is 18.8 Å². The first-order valence-electron chi connectivity index (χ1n) is 10.8. The molecule has 0 bridgehead atoms. The van der Waals surface area contributed by atoms with Gasteiger partial charge in [-0.15, -0.1) is 0 Å². The molecule has 2 N–H and O–H groups in total. The number of aliphatic hydroxyl groups excluding tert-OH is 2. The molecule has 0 saturated heterocycles. The molecule has 7 atom stereocenters. The Hall–Kier alpha value is -1.53. The minimum atomic E-state index is -1.37. The minimum absolute atomic E-state index is 0.0334. The number of hydrogen-bond acceptors (Lipinski definition) is 6. The zero-order valence-electron chi connectivity index (χ0n) is 17.6. The van der Waals surface area contributed by atoms with E-state index in [-0.39, 0.29) is 29.0 Å². The lowest BCUT2D eigenvalue weighted by atomic mass is 9.45. The normalized spacial score (nSPS) is 46.2. The predicted molar refractivity (Wildman–Crippen MR) is 105 cm³/mol. The number of aliphatic hydroxyl groups is 2. The summed E-state index contributed by atoms with van der Waals surface area (Å²) < 4.78 is 5.68. The van der Waals surface area contributed by atoms with E-state index < -0.39 is 35.5 Å². The highest BCUT2D eigenvalue weighted by atomic mass is 16.6. The van der Waals surface area contributed by atoms with E-state index in [4.69, 9.17) is 4.74 Å². The largest absolute Gasteiger partial charge is 0.451 e. The summed E-state index contributed by atoms with van der Waals surface area (Å²) in [5.41, 5.74) is -1.12. The highest BCUT2D eigenvalue weighted by molar-refractivity contribution is 5.92. The molecule has 0 spiro atoms. The molecule has 0 aliphatic heterocycles. The summed E-state index contributed by atoms with van der Waals surface area (Å²) in [6.45, 7) is 4.76. The Morgan fingerprint density at radius 3 is 2.59 bits per heavy atom. The molecule has 4 aliphatic carbocycles. The maximum atomic E-state index is 12.9. The van der Waals surface area contributed by atoms with Gasteiger partial charge < -0.3 is 14.9 Å². The van der Waals surface area contributed by atoms with Crippen molar-refractivity contribution in [2.75, 3.05) is 6.61 Å². The number of hydrogen-bond donors (Lipinski definition) is 2. The number of allylic oxidation sites excluding steroid dienone is 1. The van der Waals surface area contributed by atoms with Crippen molar-refractivity contribution in [1.82, 2.24) is 0 Å². The van der Waals surface area contributed by atoms with Gasteiger partial charge in [0.25, 0.3) is 0 Å². The van der Waals surface area contributed by atoms with Crippen molar-refractivity contribution in [1.29, 1.82) is 0 Å². The van der Waals surface area contributed by atoms with Gasteiger partial charge >= 0.3 is 5.97 Å². The van der Waals surface area contributed by atoms with E-state index in [1.807, 2.05) is 6.92 Å². The number of carbonyl (C=O) groups is 3. The summed E-state index contributed by atoms with van der Waals surface area (Å²) >= 11 is 0. The Bertz CT molecular complexity index is 786. The van der Waals surface area contributed by atoms with Crippen molar-refractivity contribution in [2.24, 2.45) is 28.6 Å². The van der Waals surface area contributed by atoms with Gasteiger partial charge in [0.2, 0.25) is 5.78 Å². The van der Waals surface area contributed by atoms with E-state index in [2.05, 4.69) is 6.92 Å². The molecule has 29 heavy (non-hydrogen) atoms. The second-order valence-electron chi connectivity index (χ2n) is 10.1. The highest BCUT2D eigenvalue weighted by Gasteiger charge is 2.70. The maximum absolute atomic E-state index is 12.9. The Morgan fingerprint density at radius 1 is 1.21 bits per heavy atom. The van der Waals surface area contributed by atoms with Crippen LogP contribution in [0.5, 0.6) is 0 Å². The van der Waals surface area contributed by atoms with Crippen molar-refractivity contribution in [2.45, 2.75) is 77.4 Å². The molecule has 0 aromatic carbocycles. The molecular weight excluding hydrogens is 372 g/mol. The second-order valence-corrected chi connectivity index (χ2v) is 10.1. The second kappa shape index (κ2) is 6.74. The van der Waals surface area contributed by atoms with Gasteiger partial charge in [-0.05, 0) is 67.8 Å². The zero-order valence-corrected chi connectivity index (χ0v) is 17.6. The van der Waals surface area contributed by atoms with Gasteiger partial charge in [-0.25, -0.2) is 0 Å². The molecule has 4 rings (SSSR count). The van der Waals surface area contributed by atoms with Crippen molar-refractivity contribution in [3.63, 3.8) is 0 Å². The van der Waals surface area contributed by atoms with Gasteiger partial charge in [0.05, 0.1) is 6.10 Å². The van der Waals surface area contributed by atoms with Crippen LogP contribution in [0.4, 0.5) is 0 Å². The van der Waals surface area contributed by atoms with E-state index in [0.29, 0.717) is 19.3 Å². The lowest BCUT2D eigenvalue weighted by Gasteiger charge is -2.60. The Morgan fingerprint density at radius 2 is 1.93 bits per heavy atom. The molecule has 3 fully saturated rings. The summed E-state index contributed by atoms with van der Waals surface area (Å²) in [5, 5.41) is 21.0. The summed E-state index contributed by atoms with van der Waals surface area (Å²) in [6.07, 6.45) is 5.59. The van der Waals surface area contributed by atoms with Crippen LogP contribution >= 0.6 is 0 Å². The monoisotopic (exact) mass is 404 g/mol. The van der Waals surface area contributed by atoms with Crippen LogP contribution in [0.25, 0.3) is 0 Å². The lowest BCUT2D eigenvalue weighted by Crippen LogP contribution is -2.63. The average Bonchev–Trinajstić information content (AvgIpc) is 2.93. The third-order valence-electron chi connectivity index (χ3n) is 8.93. The van der Waals surface area contributed by atoms with Gasteiger partial charge in [-0.2, -0.15) is 0 Å². The van der Waals surface area contributed by atoms with Crippen LogP contribution in [-0.2, 0) is 19.1 Å². The zero-order chi connectivity index (χ0) is 21.2. The third kappa shape index (κ3) is 2.71. The van der Waals surface area contributed by atoms with Crippen LogP contribution in [0, 0.1) is 28.6 Å². The molecular formula is C23H32O6. The quantitative estimate of drug-likeness (QED) is 0.701. The fourth-order valence-electron chi connectivity index (χ4n) is 7.73. The van der Waals surface area contributed by atoms with E-state index in [1.165, 1.54) is 6.92 Å². The first-order chi connectivity index (χ1) is 13.6. The highest BCUT2D eigenvalue weighted by Crippen LogP contribution is 2.68. The van der Waals surface area contributed by atoms with Crippen LogP contribution in [0.15, 0.2) is 11.6 Å². The lowest BCUT2D eigenvalue weighted by molar-refractivity contribution is -0.200. The van der Waals surface area contributed by atoms with Crippen molar-refractivity contribution in [3.8, 4) is 0 Å². The average molecular weight is 405 g/mol. The Kier molecular flexibility index (Phi) is 4.82. The van der Waals surface area contributed by atoms with Crippen molar-refractivity contribution >= 4 is 17.5 Å². The number of ketones is 2. The molecule has 3 saturated carbocycles. The van der Waals surface area contributed by atoms with Crippen LogP contribution < -0.4 is 0 Å². The van der Waals surface area contributed by atoms with Crippen molar-refractivity contribution in [3.05, 3.63) is 11.6 Å². The first-order valence-corrected chi connectivity index (χ1v) is 10.8. The summed E-state index contributed by atoms with van der Waals surface area (Å²) in [4.78, 5) is 36.8. The molecule has 6 heteroatoms. The molecule has 0 aromatic rings. The van der Waals surface area contributed by atoms with Gasteiger partial charge in [-0.3, -0.25) is 14.4 Å². The van der Waals surface area contributed by atoms with Crippen LogP contribution in [-0.4, -0.2) is 46.1 Å². The number of carbonyl (C=O) groups excluding carboxylic acids is 3. The molecule has 0 unspecified atom stereocenters. The van der Waals surface area contributed by atoms with Crippen LogP contribution in [0.3, 0.4) is 0 Å². The van der Waals surface area contributed by atoms with Crippen LogP contribution in [0.2, 0.25) is 0 Å². The molecule has 4 aliphatic rings. The maximum Gasteiger partial charge on any atom is 0.303 e. The fraction of sp³-hybridized carbons (Fsp3) is 0.783. The number of Topliss-reactive ketones (excluding diaryl/α,β-unsaturated/α-hetero) is 1. The summed E-state index contributed by atoms with van der Waals surface area (Å²) in [6, 6.07) is 0. The minimum Gasteiger partial charge on any atom is -0.451 e. The smallest absolute Gasteiger partial charge is 0.303 e. The molecule has 0 heterocycles. The van der Waals surface area contributed by atoms with E-state index >= 15 is 0 Å². The number of esters is 1. The predicted octanol–water partition coefficient (Wildman–Crippen LogP) is 2.35. The standard InChI is InChI=1S/C23H32O6/c1-13(25)29-23(19(28)12-24)9-7-17-16-5-4-14-10-15(26)6-8-21(14,2)20(16)18(27)11-22(17,23)3/h10,16-18,20,24,27H,4-9,11-12H2,1-3H3/t16-,17-,18+,20+,21+,22-,23-/m1/s1. The summed E-state index contributed by atoms with van der Waals surface area (Å²) in [7, 11) is 0. The SMILES string of the molecule is CC(=O)O[C@@]1(C(=O)CO)CC[C@@H]2[C@H]3CCC4=CC(=O)CC[C@]4(C)[C@@H]3[C@@H](O)C[C@]21C. The summed E-state index contributed by atoms with van der Waals surface area (Å²) in [5.74, 6) is -0.462. The van der Waals surface area contributed by atoms with Gasteiger partial charge in [0.15, 0.2) is 11.4 Å². The number of fused-ring (bicyclic) bond motifs is 5. The Labute approximate surface area is 171 Å². The van der Waals surface area contributed by atoms with E-state index in [1.54, 1.807) is 6.08 Å². The molecule has 0 aromatic heterocycles. The molecule has 6 nitrogen and oxygen atoms in total. The third-order valence-corrected chi connectivity index (χ3v) is 8.93. The number of ether oxygens (including phenoxy) is 1. The molecule has 160 valence electrons. The van der Waals surface area contributed by atoms with Gasteiger partial charge in [0.1, 0.15) is 6.61 Å². The molecule has 0 radical (unpaired) electrons. The van der Waals surface area contributed by atoms with Crippen LogP contribution in [0.1, 0.15) is 65.7 Å². The Balaban J connectivity index is 1.76. The molecule has 0 amide bonds. The first kappa shape index (κ1) is 20.7.